The zero-order valence-electron chi connectivity index (χ0n) is 15.7. The van der Waals surface area contributed by atoms with E-state index in [1.807, 2.05) is 91.0 Å². The Labute approximate surface area is 177 Å². The van der Waals surface area contributed by atoms with E-state index in [0.717, 1.165) is 15.9 Å². The third-order valence-electron chi connectivity index (χ3n) is 5.27. The summed E-state index contributed by atoms with van der Waals surface area (Å²) in [6.45, 7) is 0. The topological polar surface area (TPSA) is 37.3 Å². The van der Waals surface area contributed by atoms with Crippen molar-refractivity contribution < 1.29 is 18.7 Å². The van der Waals surface area contributed by atoms with Gasteiger partial charge in [0, 0.05) is 0 Å². The summed E-state index contributed by atoms with van der Waals surface area (Å²) in [6, 6.07) is 29.5. The molecule has 0 bridgehead atoms. The Morgan fingerprint density at radius 1 is 0.793 bits per heavy atom. The van der Waals surface area contributed by atoms with Crippen molar-refractivity contribution in [1.82, 2.24) is 0 Å². The molecular weight excluding hydrogens is 457 g/mol. The van der Waals surface area contributed by atoms with Crippen molar-refractivity contribution in [3.63, 3.8) is 0 Å². The summed E-state index contributed by atoms with van der Waals surface area (Å²) in [5.74, 6) is -5.82. The van der Waals surface area contributed by atoms with E-state index in [1.54, 1.807) is 0 Å². The van der Waals surface area contributed by atoms with Gasteiger partial charge in [-0.15, -0.1) is 0 Å². The van der Waals surface area contributed by atoms with Crippen molar-refractivity contribution in [1.29, 1.82) is 0 Å². The molecule has 0 saturated carbocycles. The summed E-state index contributed by atoms with van der Waals surface area (Å²) in [5, 5.41) is 8.62. The van der Waals surface area contributed by atoms with E-state index in [9.17, 15) is 13.6 Å². The molecule has 0 aliphatic carbocycles. The van der Waals surface area contributed by atoms with Gasteiger partial charge in [0.05, 0.1) is 0 Å². The molecule has 152 valence electrons. The zero-order chi connectivity index (χ0) is 21.0. The molecule has 0 amide bonds. The first kappa shape index (κ1) is 21.6. The van der Waals surface area contributed by atoms with Gasteiger partial charge in [-0.1, -0.05) is 0 Å². The number of benzene rings is 3. The second kappa shape index (κ2) is 8.33. The fourth-order valence-corrected chi connectivity index (χ4v) is 11.4. The van der Waals surface area contributed by atoms with Gasteiger partial charge in [-0.05, 0) is 0 Å². The molecule has 3 aromatic rings. The van der Waals surface area contributed by atoms with E-state index in [4.69, 9.17) is 5.11 Å². The number of rotatable bonds is 8. The molecule has 2 nitrogen and oxygen atoms in total. The first-order chi connectivity index (χ1) is 13.8. The monoisotopic (exact) mass is 478 g/mol. The zero-order valence-corrected chi connectivity index (χ0v) is 18.2. The fraction of sp³-hybridized carbons (Fsp3) is 0.174. The Kier molecular flexibility index (Phi) is 6.21. The van der Waals surface area contributed by atoms with Crippen LogP contribution in [0.15, 0.2) is 91.0 Å². The molecule has 3 aromatic carbocycles. The molecule has 0 atom stereocenters. The van der Waals surface area contributed by atoms with E-state index >= 15 is 0 Å². The van der Waals surface area contributed by atoms with E-state index < -0.39 is 23.6 Å². The van der Waals surface area contributed by atoms with Gasteiger partial charge >= 0.3 is 177 Å². The quantitative estimate of drug-likeness (QED) is 0.444. The molecule has 0 spiro atoms. The van der Waals surface area contributed by atoms with Crippen LogP contribution in [0.1, 0.15) is 12.8 Å². The number of hydrogen-bond donors (Lipinski definition) is 1. The van der Waals surface area contributed by atoms with Crippen LogP contribution in [0.4, 0.5) is 8.78 Å². The molecule has 0 aromatic heterocycles. The van der Waals surface area contributed by atoms with E-state index in [-0.39, 0.29) is 6.42 Å². The van der Waals surface area contributed by atoms with Crippen LogP contribution < -0.4 is 15.9 Å². The van der Waals surface area contributed by atoms with Crippen LogP contribution in [0.2, 0.25) is 0 Å². The van der Waals surface area contributed by atoms with Crippen LogP contribution in [-0.4, -0.2) is 23.2 Å². The normalized spacial score (nSPS) is 13.4. The van der Waals surface area contributed by atoms with E-state index in [2.05, 4.69) is 15.5 Å². The molecule has 0 radical (unpaired) electrons. The number of alkyl halides is 2. The van der Waals surface area contributed by atoms with Gasteiger partial charge in [0.2, 0.25) is 0 Å². The second-order valence-corrected chi connectivity index (χ2v) is 16.1. The Balaban J connectivity index is 2.20. The number of carboxylic acid groups (broad SMARTS) is 1. The summed E-state index contributed by atoms with van der Waals surface area (Å²) in [5.41, 5.74) is 0. The summed E-state index contributed by atoms with van der Waals surface area (Å²) in [4.78, 5) is 10.9. The molecule has 0 heterocycles. The van der Waals surface area contributed by atoms with Gasteiger partial charge in [0.25, 0.3) is 0 Å². The predicted molar refractivity (Wildman–Crippen MR) is 121 cm³/mol. The van der Waals surface area contributed by atoms with Gasteiger partial charge in [0.15, 0.2) is 0 Å². The average Bonchev–Trinajstić information content (AvgIpc) is 2.75. The van der Waals surface area contributed by atoms with Crippen LogP contribution >= 0.6 is 20.8 Å². The average molecular weight is 479 g/mol. The van der Waals surface area contributed by atoms with Gasteiger partial charge in [-0.2, -0.15) is 0 Å². The SMILES string of the molecule is O=C(O)C(F)(F)CCCP(Br)(c1ccccc1)(c1ccccc1)c1ccccc1. The first-order valence-corrected chi connectivity index (χ1v) is 13.7. The second-order valence-electron chi connectivity index (χ2n) is 7.03. The predicted octanol–water partition coefficient (Wildman–Crippen LogP) is 5.33. The van der Waals surface area contributed by atoms with Crippen molar-refractivity contribution in [2.45, 2.75) is 18.8 Å². The third-order valence-corrected chi connectivity index (χ3v) is 15.3. The molecular formula is C23H22BrF2O2P. The molecule has 3 rings (SSSR count). The van der Waals surface area contributed by atoms with Crippen LogP contribution in [0.5, 0.6) is 0 Å². The molecule has 1 N–H and O–H groups in total. The van der Waals surface area contributed by atoms with Crippen LogP contribution in [0.3, 0.4) is 0 Å². The Bertz CT molecular complexity index is 867. The van der Waals surface area contributed by atoms with Crippen molar-refractivity contribution in [2.24, 2.45) is 0 Å². The number of carboxylic acids is 1. The van der Waals surface area contributed by atoms with Gasteiger partial charge < -0.3 is 0 Å². The number of aliphatic carboxylic acids is 1. The van der Waals surface area contributed by atoms with E-state index in [1.165, 1.54) is 0 Å². The first-order valence-electron chi connectivity index (χ1n) is 9.30. The number of carbonyl (C=O) groups is 1. The van der Waals surface area contributed by atoms with Gasteiger partial charge in [-0.25, -0.2) is 0 Å². The standard InChI is InChI=1S/C23H22BrF2O2P/c24-29(19-11-4-1-5-12-19,20-13-6-2-7-14-20,21-15-8-3-9-16-21)18-10-17-23(25,26)22(27)28/h1-9,11-16H,10,17-18H2,(H,27,28). The number of halogens is 3. The van der Waals surface area contributed by atoms with Crippen molar-refractivity contribution >= 4 is 42.7 Å². The van der Waals surface area contributed by atoms with Crippen LogP contribution in [0, 0.1) is 0 Å². The minimum absolute atomic E-state index is 0.0566. The summed E-state index contributed by atoms with van der Waals surface area (Å²) in [7, 11) is 0. The molecule has 0 aliphatic rings. The molecule has 0 aliphatic heterocycles. The molecule has 29 heavy (non-hydrogen) atoms. The maximum atomic E-state index is 13.9. The Morgan fingerprint density at radius 2 is 1.14 bits per heavy atom. The van der Waals surface area contributed by atoms with Gasteiger partial charge in [-0.3, -0.25) is 0 Å². The molecule has 0 fully saturated rings. The third kappa shape index (κ3) is 3.99. The number of hydrogen-bond acceptors (Lipinski definition) is 1. The molecule has 6 heteroatoms. The van der Waals surface area contributed by atoms with Crippen molar-refractivity contribution in [3.05, 3.63) is 91.0 Å². The molecule has 0 saturated heterocycles. The Morgan fingerprint density at radius 3 is 1.45 bits per heavy atom. The van der Waals surface area contributed by atoms with Gasteiger partial charge in [0.1, 0.15) is 0 Å². The minimum atomic E-state index is -3.74. The van der Waals surface area contributed by atoms with Crippen molar-refractivity contribution in [3.8, 4) is 0 Å². The van der Waals surface area contributed by atoms with Crippen LogP contribution in [0.25, 0.3) is 0 Å². The summed E-state index contributed by atoms with van der Waals surface area (Å²) >= 11 is 4.16. The van der Waals surface area contributed by atoms with E-state index in [0.29, 0.717) is 6.16 Å². The van der Waals surface area contributed by atoms with Crippen LogP contribution in [-0.2, 0) is 4.79 Å². The maximum absolute atomic E-state index is 13.9. The Hall–Kier alpha value is -2.10. The summed E-state index contributed by atoms with van der Waals surface area (Å²) < 4.78 is 27.7. The van der Waals surface area contributed by atoms with Crippen molar-refractivity contribution in [2.75, 3.05) is 6.16 Å². The summed E-state index contributed by atoms with van der Waals surface area (Å²) in [6.07, 6.45) is -0.272. The molecule has 0 unspecified atom stereocenters. The fourth-order valence-electron chi connectivity index (χ4n) is 3.76.